The second-order valence-corrected chi connectivity index (χ2v) is 4.82. The molecule has 0 radical (unpaired) electrons. The Morgan fingerprint density at radius 2 is 1.93 bits per heavy atom. The number of hydrogen-bond donors (Lipinski definition) is 1. The summed E-state index contributed by atoms with van der Waals surface area (Å²) in [6.07, 6.45) is 0. The molecule has 0 spiro atoms. The number of H-pyrrole nitrogens is 1. The van der Waals surface area contributed by atoms with E-state index in [2.05, 4.69) is 36.7 Å². The predicted molar refractivity (Wildman–Crippen MR) is 63.3 cm³/mol. The van der Waals surface area contributed by atoms with Crippen molar-refractivity contribution >= 4 is 16.6 Å². The lowest BCUT2D eigenvalue weighted by Gasteiger charge is -2.15. The van der Waals surface area contributed by atoms with Gasteiger partial charge in [-0.2, -0.15) is 0 Å². The number of fused-ring (bicyclic) bond motifs is 1. The zero-order chi connectivity index (χ0) is 11.1. The van der Waals surface area contributed by atoms with Gasteiger partial charge in [-0.05, 0) is 17.5 Å². The summed E-state index contributed by atoms with van der Waals surface area (Å²) in [5.41, 5.74) is 3.06. The molecule has 76 valence electrons. The number of aromatic amines is 1. The van der Waals surface area contributed by atoms with Crippen molar-refractivity contribution in [3.05, 3.63) is 41.4 Å². The predicted octanol–water partition coefficient (Wildman–Crippen LogP) is 4.02. The molecular formula is C13H14N2. The van der Waals surface area contributed by atoms with Crippen LogP contribution < -0.4 is 0 Å². The molecule has 0 unspecified atom stereocenters. The van der Waals surface area contributed by atoms with Gasteiger partial charge in [0.2, 0.25) is 0 Å². The van der Waals surface area contributed by atoms with Gasteiger partial charge < -0.3 is 4.98 Å². The summed E-state index contributed by atoms with van der Waals surface area (Å²) in [6.45, 7) is 13.5. The lowest BCUT2D eigenvalue weighted by molar-refractivity contribution is 0.574. The Kier molecular flexibility index (Phi) is 2.04. The molecule has 2 rings (SSSR count). The molecule has 1 aromatic heterocycles. The standard InChI is InChI=1S/C13H14N2/c1-13(2,3)12-7-9-5-6-10(14-4)8-11(9)15-12/h5-8,15H,1-3H3. The third kappa shape index (κ3) is 1.73. The molecule has 1 N–H and O–H groups in total. The normalized spacial score (nSPS) is 11.6. The molecule has 1 heterocycles. The van der Waals surface area contributed by atoms with Crippen molar-refractivity contribution in [3.8, 4) is 0 Å². The van der Waals surface area contributed by atoms with E-state index in [4.69, 9.17) is 6.57 Å². The first-order valence-corrected chi connectivity index (χ1v) is 5.01. The number of benzene rings is 1. The number of aromatic nitrogens is 1. The van der Waals surface area contributed by atoms with E-state index in [0.717, 1.165) is 5.52 Å². The van der Waals surface area contributed by atoms with Crippen LogP contribution in [-0.2, 0) is 5.41 Å². The Morgan fingerprint density at radius 3 is 2.53 bits per heavy atom. The van der Waals surface area contributed by atoms with Gasteiger partial charge in [0.25, 0.3) is 0 Å². The summed E-state index contributed by atoms with van der Waals surface area (Å²) in [6, 6.07) is 7.91. The molecule has 15 heavy (non-hydrogen) atoms. The van der Waals surface area contributed by atoms with Crippen LogP contribution in [-0.4, -0.2) is 4.98 Å². The fourth-order valence-electron chi connectivity index (χ4n) is 1.59. The Hall–Kier alpha value is -1.75. The Bertz CT molecular complexity index is 536. The summed E-state index contributed by atoms with van der Waals surface area (Å²) in [5.74, 6) is 0. The topological polar surface area (TPSA) is 20.1 Å². The molecule has 0 saturated carbocycles. The largest absolute Gasteiger partial charge is 0.359 e. The highest BCUT2D eigenvalue weighted by molar-refractivity contribution is 5.84. The van der Waals surface area contributed by atoms with Crippen molar-refractivity contribution in [1.82, 2.24) is 4.98 Å². The maximum Gasteiger partial charge on any atom is 0.189 e. The Morgan fingerprint density at radius 1 is 1.20 bits per heavy atom. The number of nitrogens with zero attached hydrogens (tertiary/aromatic N) is 1. The summed E-state index contributed by atoms with van der Waals surface area (Å²) in [5, 5.41) is 1.17. The van der Waals surface area contributed by atoms with E-state index in [1.807, 2.05) is 18.2 Å². The van der Waals surface area contributed by atoms with Crippen LogP contribution in [0, 0.1) is 6.57 Å². The summed E-state index contributed by atoms with van der Waals surface area (Å²) < 4.78 is 0. The van der Waals surface area contributed by atoms with Crippen LogP contribution in [0.15, 0.2) is 24.3 Å². The van der Waals surface area contributed by atoms with Gasteiger partial charge in [-0.25, -0.2) is 4.85 Å². The molecule has 0 atom stereocenters. The van der Waals surface area contributed by atoms with Gasteiger partial charge in [0, 0.05) is 16.6 Å². The number of rotatable bonds is 0. The molecule has 0 fully saturated rings. The van der Waals surface area contributed by atoms with Crippen LogP contribution in [0.2, 0.25) is 0 Å². The van der Waals surface area contributed by atoms with Gasteiger partial charge in [-0.3, -0.25) is 0 Å². The van der Waals surface area contributed by atoms with Crippen molar-refractivity contribution in [2.45, 2.75) is 26.2 Å². The minimum Gasteiger partial charge on any atom is -0.359 e. The maximum atomic E-state index is 6.96. The third-order valence-electron chi connectivity index (χ3n) is 2.54. The number of nitrogens with one attached hydrogen (secondary N) is 1. The molecule has 0 bridgehead atoms. The first-order valence-electron chi connectivity index (χ1n) is 5.01. The molecule has 0 aliphatic heterocycles. The molecule has 1 aromatic carbocycles. The fourth-order valence-corrected chi connectivity index (χ4v) is 1.59. The van der Waals surface area contributed by atoms with Gasteiger partial charge in [0.1, 0.15) is 0 Å². The second-order valence-electron chi connectivity index (χ2n) is 4.82. The maximum absolute atomic E-state index is 6.96. The Labute approximate surface area is 89.7 Å². The lowest BCUT2D eigenvalue weighted by atomic mass is 9.92. The van der Waals surface area contributed by atoms with Crippen molar-refractivity contribution < 1.29 is 0 Å². The quantitative estimate of drug-likeness (QED) is 0.617. The van der Waals surface area contributed by atoms with Crippen LogP contribution in [0.5, 0.6) is 0 Å². The molecule has 0 amide bonds. The Balaban J connectivity index is 2.62. The van der Waals surface area contributed by atoms with E-state index >= 15 is 0 Å². The minimum absolute atomic E-state index is 0.122. The fraction of sp³-hybridized carbons (Fsp3) is 0.308. The van der Waals surface area contributed by atoms with Crippen LogP contribution >= 0.6 is 0 Å². The summed E-state index contributed by atoms with van der Waals surface area (Å²) >= 11 is 0. The van der Waals surface area contributed by atoms with E-state index in [9.17, 15) is 0 Å². The van der Waals surface area contributed by atoms with E-state index in [-0.39, 0.29) is 5.41 Å². The van der Waals surface area contributed by atoms with Crippen LogP contribution in [0.4, 0.5) is 5.69 Å². The number of hydrogen-bond acceptors (Lipinski definition) is 0. The zero-order valence-corrected chi connectivity index (χ0v) is 9.26. The minimum atomic E-state index is 0.122. The summed E-state index contributed by atoms with van der Waals surface area (Å²) in [7, 11) is 0. The first kappa shape index (κ1) is 9.79. The summed E-state index contributed by atoms with van der Waals surface area (Å²) in [4.78, 5) is 6.79. The van der Waals surface area contributed by atoms with Crippen LogP contribution in [0.25, 0.3) is 15.7 Å². The van der Waals surface area contributed by atoms with Gasteiger partial charge in [0.15, 0.2) is 5.69 Å². The zero-order valence-electron chi connectivity index (χ0n) is 9.26. The van der Waals surface area contributed by atoms with Crippen LogP contribution in [0.3, 0.4) is 0 Å². The molecule has 0 aliphatic carbocycles. The van der Waals surface area contributed by atoms with Gasteiger partial charge >= 0.3 is 0 Å². The highest BCUT2D eigenvalue weighted by Crippen LogP contribution is 2.27. The smallest absolute Gasteiger partial charge is 0.189 e. The highest BCUT2D eigenvalue weighted by atomic mass is 14.7. The molecule has 2 aromatic rings. The third-order valence-corrected chi connectivity index (χ3v) is 2.54. The molecule has 2 nitrogen and oxygen atoms in total. The lowest BCUT2D eigenvalue weighted by Crippen LogP contribution is -2.10. The van der Waals surface area contributed by atoms with Crippen LogP contribution in [0.1, 0.15) is 26.5 Å². The first-order chi connectivity index (χ1) is 7.00. The van der Waals surface area contributed by atoms with Gasteiger partial charge in [0.05, 0.1) is 6.57 Å². The van der Waals surface area contributed by atoms with Crippen molar-refractivity contribution in [2.24, 2.45) is 0 Å². The SMILES string of the molecule is [C-]#[N+]c1ccc2cc(C(C)(C)C)[nH]c2c1. The molecule has 0 saturated heterocycles. The highest BCUT2D eigenvalue weighted by Gasteiger charge is 2.15. The van der Waals surface area contributed by atoms with E-state index < -0.39 is 0 Å². The van der Waals surface area contributed by atoms with Crippen molar-refractivity contribution in [3.63, 3.8) is 0 Å². The van der Waals surface area contributed by atoms with Crippen molar-refractivity contribution in [1.29, 1.82) is 0 Å². The van der Waals surface area contributed by atoms with Gasteiger partial charge in [-0.15, -0.1) is 0 Å². The molecule has 0 aliphatic rings. The average molecular weight is 198 g/mol. The van der Waals surface area contributed by atoms with E-state index in [0.29, 0.717) is 5.69 Å². The van der Waals surface area contributed by atoms with E-state index in [1.165, 1.54) is 11.1 Å². The monoisotopic (exact) mass is 198 g/mol. The molecule has 2 heteroatoms. The van der Waals surface area contributed by atoms with Crippen molar-refractivity contribution in [2.75, 3.05) is 0 Å². The average Bonchev–Trinajstić information content (AvgIpc) is 2.59. The van der Waals surface area contributed by atoms with Gasteiger partial charge in [-0.1, -0.05) is 32.9 Å². The van der Waals surface area contributed by atoms with E-state index in [1.54, 1.807) is 0 Å². The second kappa shape index (κ2) is 3.13. The molecular weight excluding hydrogens is 184 g/mol.